The van der Waals surface area contributed by atoms with Crippen LogP contribution in [-0.2, 0) is 21.7 Å². The highest BCUT2D eigenvalue weighted by molar-refractivity contribution is 6.31. The summed E-state index contributed by atoms with van der Waals surface area (Å²) in [6.45, 7) is 1.66. The van der Waals surface area contributed by atoms with Crippen molar-refractivity contribution in [3.8, 4) is 5.75 Å². The zero-order valence-corrected chi connectivity index (χ0v) is 17.1. The molecule has 160 valence electrons. The minimum absolute atomic E-state index is 0.229. The van der Waals surface area contributed by atoms with Crippen molar-refractivity contribution in [3.05, 3.63) is 75.7 Å². The fourth-order valence-electron chi connectivity index (χ4n) is 3.84. The maximum absolute atomic E-state index is 10.6. The molecule has 0 amide bonds. The summed E-state index contributed by atoms with van der Waals surface area (Å²) < 4.78 is 17.0. The predicted octanol–water partition coefficient (Wildman–Crippen LogP) is 2.96. The summed E-state index contributed by atoms with van der Waals surface area (Å²) >= 11 is 6.40. The van der Waals surface area contributed by atoms with Gasteiger partial charge in [0.15, 0.2) is 23.2 Å². The van der Waals surface area contributed by atoms with Crippen molar-refractivity contribution in [2.75, 3.05) is 19.8 Å². The average molecular weight is 435 g/mol. The molecule has 2 bridgehead atoms. The molecule has 0 aliphatic carbocycles. The molecule has 4 rings (SSSR count). The lowest BCUT2D eigenvalue weighted by atomic mass is 9.90. The summed E-state index contributed by atoms with van der Waals surface area (Å²) in [6.07, 6.45) is -1.16. The zero-order chi connectivity index (χ0) is 21.5. The van der Waals surface area contributed by atoms with E-state index in [1.807, 2.05) is 31.2 Å². The van der Waals surface area contributed by atoms with E-state index in [9.17, 15) is 20.4 Å². The van der Waals surface area contributed by atoms with E-state index < -0.39 is 35.6 Å². The maximum Gasteiger partial charge on any atom is 0.230 e. The lowest BCUT2D eigenvalue weighted by molar-refractivity contribution is -0.262. The van der Waals surface area contributed by atoms with Gasteiger partial charge in [-0.25, -0.2) is 0 Å². The summed E-state index contributed by atoms with van der Waals surface area (Å²) in [6, 6.07) is 12.6. The molecule has 7 nitrogen and oxygen atoms in total. The molecule has 0 spiro atoms. The Hall–Kier alpha value is -2.29. The highest BCUT2D eigenvalue weighted by atomic mass is 35.5. The molecule has 2 aliphatic rings. The molecule has 2 aromatic carbocycles. The molecule has 0 radical (unpaired) electrons. The van der Waals surface area contributed by atoms with E-state index in [-0.39, 0.29) is 6.61 Å². The van der Waals surface area contributed by atoms with Gasteiger partial charge in [-0.15, -0.1) is 0 Å². The van der Waals surface area contributed by atoms with Crippen LogP contribution in [0, 0.1) is 0 Å². The first-order valence-corrected chi connectivity index (χ1v) is 9.99. The molecule has 4 N–H and O–H groups in total. The van der Waals surface area contributed by atoms with Crippen LogP contribution in [0.1, 0.15) is 23.6 Å². The summed E-state index contributed by atoms with van der Waals surface area (Å²) in [5.41, 5.74) is 0.539. The normalized spacial score (nSPS) is 28.1. The molecule has 2 aromatic rings. The standard InChI is InChI=1S/C22H23ClO7/c1-2-28-16-6-3-13(4-7-16)9-14-10-15(5-8-17(14)23)22-20(27)18(25)19(26)21(11-24,30-22)12-29-22/h3-8,10,20,24-27H,2,9,11-12H2,1H3/t20-,21-,22-/m0/s1. The highest BCUT2D eigenvalue weighted by Gasteiger charge is 2.64. The van der Waals surface area contributed by atoms with Crippen LogP contribution in [0.5, 0.6) is 5.75 Å². The number of hydrogen-bond acceptors (Lipinski definition) is 7. The van der Waals surface area contributed by atoms with E-state index in [1.165, 1.54) is 0 Å². The molecule has 2 aliphatic heterocycles. The Morgan fingerprint density at radius 2 is 1.90 bits per heavy atom. The molecule has 30 heavy (non-hydrogen) atoms. The van der Waals surface area contributed by atoms with Gasteiger partial charge in [-0.3, -0.25) is 0 Å². The Bertz CT molecular complexity index is 974. The van der Waals surface area contributed by atoms with Crippen LogP contribution in [0.25, 0.3) is 0 Å². The van der Waals surface area contributed by atoms with Gasteiger partial charge in [-0.05, 0) is 48.7 Å². The quantitative estimate of drug-likeness (QED) is 0.553. The van der Waals surface area contributed by atoms with Gasteiger partial charge in [0.25, 0.3) is 0 Å². The third-order valence-corrected chi connectivity index (χ3v) is 5.86. The lowest BCUT2D eigenvalue weighted by Crippen LogP contribution is -2.52. The third kappa shape index (κ3) is 3.23. The fraction of sp³-hybridized carbons (Fsp3) is 0.364. The molecule has 1 saturated heterocycles. The smallest absolute Gasteiger partial charge is 0.230 e. The van der Waals surface area contributed by atoms with Crippen LogP contribution in [0.3, 0.4) is 0 Å². The average Bonchev–Trinajstić information content (AvgIpc) is 3.14. The van der Waals surface area contributed by atoms with Crippen LogP contribution in [0.15, 0.2) is 54.0 Å². The number of aliphatic hydroxyl groups excluding tert-OH is 4. The van der Waals surface area contributed by atoms with E-state index in [4.69, 9.17) is 25.8 Å². The largest absolute Gasteiger partial charge is 0.506 e. The monoisotopic (exact) mass is 434 g/mol. The summed E-state index contributed by atoms with van der Waals surface area (Å²) in [5.74, 6) is -2.30. The van der Waals surface area contributed by atoms with Crippen LogP contribution >= 0.6 is 11.6 Å². The van der Waals surface area contributed by atoms with E-state index in [0.29, 0.717) is 23.6 Å². The molecule has 1 fully saturated rings. The molecular weight excluding hydrogens is 412 g/mol. The van der Waals surface area contributed by atoms with E-state index >= 15 is 0 Å². The van der Waals surface area contributed by atoms with Gasteiger partial charge < -0.3 is 34.6 Å². The SMILES string of the molecule is CCOc1ccc(Cc2cc([C@]34OC[C@](CO)(O3)C(O)=C(O)[C@@H]4O)ccc2Cl)cc1. The maximum atomic E-state index is 10.6. The van der Waals surface area contributed by atoms with Gasteiger partial charge in [0, 0.05) is 10.6 Å². The number of aliphatic hydroxyl groups is 4. The zero-order valence-electron chi connectivity index (χ0n) is 16.3. The van der Waals surface area contributed by atoms with Crippen molar-refractivity contribution in [2.24, 2.45) is 0 Å². The first-order chi connectivity index (χ1) is 14.3. The second-order valence-corrected chi connectivity index (χ2v) is 7.81. The van der Waals surface area contributed by atoms with Crippen molar-refractivity contribution in [1.82, 2.24) is 0 Å². The van der Waals surface area contributed by atoms with Crippen molar-refractivity contribution < 1.29 is 34.6 Å². The molecule has 8 heteroatoms. The Morgan fingerprint density at radius 3 is 2.57 bits per heavy atom. The topological polar surface area (TPSA) is 109 Å². The van der Waals surface area contributed by atoms with E-state index in [0.717, 1.165) is 16.9 Å². The van der Waals surface area contributed by atoms with Crippen molar-refractivity contribution in [1.29, 1.82) is 0 Å². The summed E-state index contributed by atoms with van der Waals surface area (Å²) in [4.78, 5) is 0. The Kier molecular flexibility index (Phi) is 5.42. The van der Waals surface area contributed by atoms with Crippen LogP contribution in [-0.4, -0.2) is 52.0 Å². The van der Waals surface area contributed by atoms with Crippen LogP contribution in [0.4, 0.5) is 0 Å². The molecule has 3 atom stereocenters. The van der Waals surface area contributed by atoms with Gasteiger partial charge in [0.1, 0.15) is 5.75 Å². The fourth-order valence-corrected chi connectivity index (χ4v) is 4.02. The van der Waals surface area contributed by atoms with Crippen LogP contribution in [0.2, 0.25) is 5.02 Å². The molecule has 0 saturated carbocycles. The van der Waals surface area contributed by atoms with Crippen LogP contribution < -0.4 is 4.74 Å². The Balaban J connectivity index is 1.68. The minimum Gasteiger partial charge on any atom is -0.506 e. The Morgan fingerprint density at radius 1 is 1.17 bits per heavy atom. The van der Waals surface area contributed by atoms with Gasteiger partial charge in [-0.2, -0.15) is 0 Å². The molecule has 0 aromatic heterocycles. The van der Waals surface area contributed by atoms with Crippen molar-refractivity contribution >= 4 is 11.6 Å². The lowest BCUT2D eigenvalue weighted by Gasteiger charge is -2.39. The highest BCUT2D eigenvalue weighted by Crippen LogP contribution is 2.50. The Labute approximate surface area is 178 Å². The molecular formula is C22H23ClO7. The minimum atomic E-state index is -1.77. The first kappa shape index (κ1) is 21.0. The van der Waals surface area contributed by atoms with Crippen molar-refractivity contribution in [3.63, 3.8) is 0 Å². The first-order valence-electron chi connectivity index (χ1n) is 9.61. The van der Waals surface area contributed by atoms with Gasteiger partial charge in [-0.1, -0.05) is 29.8 Å². The second kappa shape index (κ2) is 7.76. The molecule has 0 unspecified atom stereocenters. The van der Waals surface area contributed by atoms with Gasteiger partial charge >= 0.3 is 0 Å². The number of halogens is 1. The number of benzene rings is 2. The second-order valence-electron chi connectivity index (χ2n) is 7.41. The predicted molar refractivity (Wildman–Crippen MR) is 109 cm³/mol. The molecule has 2 heterocycles. The van der Waals surface area contributed by atoms with E-state index in [2.05, 4.69) is 0 Å². The summed E-state index contributed by atoms with van der Waals surface area (Å²) in [5, 5.41) is 41.3. The summed E-state index contributed by atoms with van der Waals surface area (Å²) in [7, 11) is 0. The number of rotatable bonds is 6. The van der Waals surface area contributed by atoms with Crippen molar-refractivity contribution in [2.45, 2.75) is 30.8 Å². The number of fused-ring (bicyclic) bond motifs is 2. The van der Waals surface area contributed by atoms with E-state index in [1.54, 1.807) is 18.2 Å². The third-order valence-electron chi connectivity index (χ3n) is 5.49. The van der Waals surface area contributed by atoms with Gasteiger partial charge in [0.2, 0.25) is 5.79 Å². The number of hydrogen-bond donors (Lipinski definition) is 4. The number of ether oxygens (including phenoxy) is 3. The van der Waals surface area contributed by atoms with Gasteiger partial charge in [0.05, 0.1) is 19.8 Å².